The minimum absolute atomic E-state index is 0.0174. The molecule has 0 bridgehead atoms. The fraction of sp³-hybridized carbons (Fsp3) is 0.263. The van der Waals surface area contributed by atoms with Crippen LogP contribution in [0.5, 0.6) is 0 Å². The minimum atomic E-state index is -0.393. The second kappa shape index (κ2) is 7.69. The van der Waals surface area contributed by atoms with Crippen molar-refractivity contribution in [3.05, 3.63) is 56.1 Å². The first-order valence-corrected chi connectivity index (χ1v) is 10.3. The molecule has 0 aliphatic heterocycles. The lowest BCUT2D eigenvalue weighted by Crippen LogP contribution is -2.13. The molecular formula is C19H17N3O4S2. The van der Waals surface area contributed by atoms with Gasteiger partial charge in [-0.25, -0.2) is 9.97 Å². The van der Waals surface area contributed by atoms with Crippen molar-refractivity contribution in [1.29, 1.82) is 0 Å². The number of rotatable bonds is 6. The summed E-state index contributed by atoms with van der Waals surface area (Å²) in [6.45, 7) is 3.89. The fourth-order valence-electron chi connectivity index (χ4n) is 2.75. The second-order valence-electron chi connectivity index (χ2n) is 6.25. The number of thiophene rings is 2. The first-order valence-electron chi connectivity index (χ1n) is 8.64. The van der Waals surface area contributed by atoms with E-state index < -0.39 is 5.97 Å². The minimum Gasteiger partial charge on any atom is -0.457 e. The number of nitrogens with one attached hydrogen (secondary N) is 1. The van der Waals surface area contributed by atoms with Gasteiger partial charge in [-0.05, 0) is 30.9 Å². The first kappa shape index (κ1) is 18.6. The number of aromatic amines is 1. The molecule has 28 heavy (non-hydrogen) atoms. The maximum atomic E-state index is 12.3. The van der Waals surface area contributed by atoms with E-state index in [9.17, 15) is 9.59 Å². The number of carbonyl (C=O) groups is 1. The Morgan fingerprint density at radius 3 is 3.00 bits per heavy atom. The molecule has 9 heteroatoms. The van der Waals surface area contributed by atoms with Crippen LogP contribution in [0.3, 0.4) is 0 Å². The van der Waals surface area contributed by atoms with Crippen LogP contribution in [0.15, 0.2) is 32.9 Å². The molecule has 0 aliphatic carbocycles. The molecule has 0 radical (unpaired) electrons. The standard InChI is InChI=1S/C19H17N3O4S2/c1-10-11(2)28-19-16(10)17(24)21-14(22-19)5-6-15(23)25-9-12-8-20-18(26-12)13-4-3-7-27-13/h3-4,7-8H,5-6,9H2,1-2H3,(H,21,22,24). The van der Waals surface area contributed by atoms with Crippen LogP contribution in [0.4, 0.5) is 0 Å². The molecule has 0 aliphatic rings. The van der Waals surface area contributed by atoms with Crippen LogP contribution in [0.2, 0.25) is 0 Å². The summed E-state index contributed by atoms with van der Waals surface area (Å²) in [7, 11) is 0. The highest BCUT2D eigenvalue weighted by Crippen LogP contribution is 2.26. The third-order valence-corrected chi connectivity index (χ3v) is 6.27. The summed E-state index contributed by atoms with van der Waals surface area (Å²) in [4.78, 5) is 38.4. The third kappa shape index (κ3) is 3.76. The van der Waals surface area contributed by atoms with E-state index in [2.05, 4.69) is 15.0 Å². The molecule has 0 saturated heterocycles. The molecule has 0 aromatic carbocycles. The zero-order valence-corrected chi connectivity index (χ0v) is 16.9. The van der Waals surface area contributed by atoms with Crippen molar-refractivity contribution in [1.82, 2.24) is 15.0 Å². The van der Waals surface area contributed by atoms with Crippen LogP contribution in [0.1, 0.15) is 28.4 Å². The molecule has 1 N–H and O–H groups in total. The monoisotopic (exact) mass is 415 g/mol. The number of aromatic nitrogens is 3. The largest absolute Gasteiger partial charge is 0.457 e. The molecular weight excluding hydrogens is 398 g/mol. The molecule has 7 nitrogen and oxygen atoms in total. The smallest absolute Gasteiger partial charge is 0.306 e. The molecule has 0 atom stereocenters. The molecule has 4 aromatic rings. The highest BCUT2D eigenvalue weighted by Gasteiger charge is 2.14. The molecule has 4 aromatic heterocycles. The molecule has 4 heterocycles. The summed E-state index contributed by atoms with van der Waals surface area (Å²) in [6, 6.07) is 3.83. The zero-order valence-electron chi connectivity index (χ0n) is 15.3. The van der Waals surface area contributed by atoms with Crippen molar-refractivity contribution in [2.45, 2.75) is 33.3 Å². The normalized spacial score (nSPS) is 11.2. The molecule has 0 spiro atoms. The lowest BCUT2D eigenvalue weighted by atomic mass is 10.2. The van der Waals surface area contributed by atoms with Gasteiger partial charge in [0, 0.05) is 11.3 Å². The van der Waals surface area contributed by atoms with E-state index in [4.69, 9.17) is 9.15 Å². The van der Waals surface area contributed by atoms with Gasteiger partial charge in [-0.1, -0.05) is 6.07 Å². The van der Waals surface area contributed by atoms with Crippen LogP contribution in [-0.4, -0.2) is 20.9 Å². The lowest BCUT2D eigenvalue weighted by Gasteiger charge is -2.03. The van der Waals surface area contributed by atoms with Crippen molar-refractivity contribution in [2.24, 2.45) is 0 Å². The Balaban J connectivity index is 1.35. The molecule has 0 unspecified atom stereocenters. The van der Waals surface area contributed by atoms with Gasteiger partial charge in [0.15, 0.2) is 12.4 Å². The summed E-state index contributed by atoms with van der Waals surface area (Å²) in [5.74, 6) is 1.08. The van der Waals surface area contributed by atoms with Gasteiger partial charge in [-0.2, -0.15) is 0 Å². The predicted octanol–water partition coefficient (Wildman–Crippen LogP) is 3.99. The Bertz CT molecular complexity index is 1190. The maximum Gasteiger partial charge on any atom is 0.306 e. The Labute approximate surface area is 168 Å². The van der Waals surface area contributed by atoms with Crippen molar-refractivity contribution in [3.63, 3.8) is 0 Å². The predicted molar refractivity (Wildman–Crippen MR) is 108 cm³/mol. The summed E-state index contributed by atoms with van der Waals surface area (Å²) >= 11 is 3.01. The number of fused-ring (bicyclic) bond motifs is 1. The number of H-pyrrole nitrogens is 1. The number of nitrogens with zero attached hydrogens (tertiary/aromatic N) is 2. The van der Waals surface area contributed by atoms with Gasteiger partial charge in [-0.15, -0.1) is 22.7 Å². The summed E-state index contributed by atoms with van der Waals surface area (Å²) < 4.78 is 10.8. The van der Waals surface area contributed by atoms with E-state index in [-0.39, 0.29) is 18.6 Å². The SMILES string of the molecule is Cc1sc2nc(CCC(=O)OCc3cnc(-c4cccs4)o3)[nH]c(=O)c2c1C. The van der Waals surface area contributed by atoms with E-state index >= 15 is 0 Å². The Morgan fingerprint density at radius 1 is 1.36 bits per heavy atom. The van der Waals surface area contributed by atoms with E-state index in [0.29, 0.717) is 34.1 Å². The number of hydrogen-bond donors (Lipinski definition) is 1. The number of oxazole rings is 1. The summed E-state index contributed by atoms with van der Waals surface area (Å²) in [6.07, 6.45) is 1.97. The zero-order chi connectivity index (χ0) is 19.7. The van der Waals surface area contributed by atoms with Crippen molar-refractivity contribution in [2.75, 3.05) is 0 Å². The Hall–Kier alpha value is -2.78. The van der Waals surface area contributed by atoms with Gasteiger partial charge in [-0.3, -0.25) is 9.59 Å². The van der Waals surface area contributed by atoms with E-state index in [1.807, 2.05) is 31.4 Å². The van der Waals surface area contributed by atoms with Crippen LogP contribution in [0, 0.1) is 13.8 Å². The van der Waals surface area contributed by atoms with E-state index in [1.165, 1.54) is 22.7 Å². The number of carbonyl (C=O) groups excluding carboxylic acids is 1. The Kier molecular flexibility index (Phi) is 5.10. The van der Waals surface area contributed by atoms with Gasteiger partial charge >= 0.3 is 5.97 Å². The van der Waals surface area contributed by atoms with Crippen molar-refractivity contribution < 1.29 is 13.9 Å². The molecule has 4 rings (SSSR count). The van der Waals surface area contributed by atoms with E-state index in [0.717, 1.165) is 15.3 Å². The third-order valence-electron chi connectivity index (χ3n) is 4.31. The van der Waals surface area contributed by atoms with Crippen LogP contribution >= 0.6 is 22.7 Å². The summed E-state index contributed by atoms with van der Waals surface area (Å²) in [5.41, 5.74) is 0.784. The molecule has 0 saturated carbocycles. The number of esters is 1. The second-order valence-corrected chi connectivity index (χ2v) is 8.40. The van der Waals surface area contributed by atoms with Crippen LogP contribution < -0.4 is 5.56 Å². The van der Waals surface area contributed by atoms with Crippen molar-refractivity contribution in [3.8, 4) is 10.8 Å². The van der Waals surface area contributed by atoms with Gasteiger partial charge in [0.25, 0.3) is 5.56 Å². The summed E-state index contributed by atoms with van der Waals surface area (Å²) in [5, 5.41) is 2.56. The number of hydrogen-bond acceptors (Lipinski definition) is 8. The average molecular weight is 415 g/mol. The quantitative estimate of drug-likeness (QED) is 0.478. The lowest BCUT2D eigenvalue weighted by molar-refractivity contribution is -0.145. The van der Waals surface area contributed by atoms with Gasteiger partial charge in [0.05, 0.1) is 22.9 Å². The molecule has 0 amide bonds. The van der Waals surface area contributed by atoms with Crippen molar-refractivity contribution >= 4 is 38.9 Å². The van der Waals surface area contributed by atoms with Crippen LogP contribution in [-0.2, 0) is 22.6 Å². The van der Waals surface area contributed by atoms with E-state index in [1.54, 1.807) is 6.20 Å². The topological polar surface area (TPSA) is 98.1 Å². The highest BCUT2D eigenvalue weighted by molar-refractivity contribution is 7.18. The van der Waals surface area contributed by atoms with Gasteiger partial charge < -0.3 is 14.1 Å². The molecule has 0 fully saturated rings. The average Bonchev–Trinajstić information content (AvgIpc) is 3.39. The Morgan fingerprint density at radius 2 is 2.21 bits per heavy atom. The number of aryl methyl sites for hydroxylation is 3. The first-order chi connectivity index (χ1) is 13.5. The van der Waals surface area contributed by atoms with Gasteiger partial charge in [0.1, 0.15) is 10.7 Å². The van der Waals surface area contributed by atoms with Crippen LogP contribution in [0.25, 0.3) is 21.0 Å². The number of ether oxygens (including phenoxy) is 1. The maximum absolute atomic E-state index is 12.3. The fourth-order valence-corrected chi connectivity index (χ4v) is 4.46. The van der Waals surface area contributed by atoms with Gasteiger partial charge in [0.2, 0.25) is 5.89 Å². The molecule has 144 valence electrons. The highest BCUT2D eigenvalue weighted by atomic mass is 32.1.